The molecule has 1 saturated carbocycles. The maximum atomic E-state index is 3.81. The first-order valence-electron chi connectivity index (χ1n) is 8.89. The molecule has 1 saturated heterocycles. The molecule has 0 bridgehead atoms. The smallest absolute Gasteiger partial charge is 0.0159 e. The van der Waals surface area contributed by atoms with E-state index in [0.717, 1.165) is 24.3 Å². The second kappa shape index (κ2) is 6.79. The zero-order valence-corrected chi connectivity index (χ0v) is 14.4. The van der Waals surface area contributed by atoms with Gasteiger partial charge in [-0.25, -0.2) is 0 Å². The molecule has 0 aromatic heterocycles. The topological polar surface area (TPSA) is 15.3 Å². The number of hydrogen-bond donors (Lipinski definition) is 1. The molecule has 3 atom stereocenters. The van der Waals surface area contributed by atoms with E-state index in [1.54, 1.807) is 0 Å². The van der Waals surface area contributed by atoms with E-state index >= 15 is 0 Å². The minimum atomic E-state index is 0.468. The van der Waals surface area contributed by atoms with Gasteiger partial charge in [-0.1, -0.05) is 41.0 Å². The van der Waals surface area contributed by atoms with Crippen molar-refractivity contribution in [1.82, 2.24) is 10.2 Å². The fourth-order valence-corrected chi connectivity index (χ4v) is 4.54. The largest absolute Gasteiger partial charge is 0.313 e. The van der Waals surface area contributed by atoms with Crippen molar-refractivity contribution in [3.05, 3.63) is 0 Å². The summed E-state index contributed by atoms with van der Waals surface area (Å²) in [6, 6.07) is 0.708. The first kappa shape index (κ1) is 16.3. The van der Waals surface area contributed by atoms with E-state index in [-0.39, 0.29) is 0 Å². The SMILES string of the molecule is CCNC1C(CN2CCC(C(C)C)C2)CCCC1(C)C. The van der Waals surface area contributed by atoms with Crippen molar-refractivity contribution in [3.63, 3.8) is 0 Å². The van der Waals surface area contributed by atoms with E-state index in [0.29, 0.717) is 11.5 Å². The highest BCUT2D eigenvalue weighted by Gasteiger charge is 2.39. The summed E-state index contributed by atoms with van der Waals surface area (Å²) in [6.07, 6.45) is 5.64. The number of nitrogens with one attached hydrogen (secondary N) is 1. The van der Waals surface area contributed by atoms with Crippen LogP contribution in [0.5, 0.6) is 0 Å². The quantitative estimate of drug-likeness (QED) is 0.824. The van der Waals surface area contributed by atoms with Crippen LogP contribution in [0.25, 0.3) is 0 Å². The fraction of sp³-hybridized carbons (Fsp3) is 1.00. The molecule has 0 aromatic carbocycles. The van der Waals surface area contributed by atoms with E-state index in [1.807, 2.05) is 0 Å². The molecule has 2 rings (SSSR count). The monoisotopic (exact) mass is 280 g/mol. The van der Waals surface area contributed by atoms with Crippen molar-refractivity contribution in [2.24, 2.45) is 23.2 Å². The van der Waals surface area contributed by atoms with Gasteiger partial charge >= 0.3 is 0 Å². The van der Waals surface area contributed by atoms with Crippen molar-refractivity contribution in [1.29, 1.82) is 0 Å². The Morgan fingerprint density at radius 1 is 1.25 bits per heavy atom. The highest BCUT2D eigenvalue weighted by Crippen LogP contribution is 2.40. The average molecular weight is 280 g/mol. The van der Waals surface area contributed by atoms with Gasteiger partial charge in [0.15, 0.2) is 0 Å². The molecule has 0 amide bonds. The summed E-state index contributed by atoms with van der Waals surface area (Å²) in [5.74, 6) is 2.64. The molecular formula is C18H36N2. The summed E-state index contributed by atoms with van der Waals surface area (Å²) >= 11 is 0. The number of nitrogens with zero attached hydrogens (tertiary/aromatic N) is 1. The first-order chi connectivity index (χ1) is 9.44. The lowest BCUT2D eigenvalue weighted by Gasteiger charge is -2.45. The van der Waals surface area contributed by atoms with Crippen LogP contribution in [0.1, 0.15) is 60.3 Å². The van der Waals surface area contributed by atoms with Crippen LogP contribution in [0.2, 0.25) is 0 Å². The third-order valence-corrected chi connectivity index (χ3v) is 5.88. The van der Waals surface area contributed by atoms with Gasteiger partial charge in [-0.15, -0.1) is 0 Å². The zero-order valence-electron chi connectivity index (χ0n) is 14.4. The molecule has 1 aliphatic heterocycles. The molecular weight excluding hydrogens is 244 g/mol. The molecule has 1 aliphatic carbocycles. The van der Waals surface area contributed by atoms with E-state index in [1.165, 1.54) is 45.3 Å². The Labute approximate surface area is 126 Å². The Balaban J connectivity index is 1.93. The number of likely N-dealkylation sites (tertiary alicyclic amines) is 1. The average Bonchev–Trinajstić information content (AvgIpc) is 2.82. The molecule has 118 valence electrons. The third kappa shape index (κ3) is 3.76. The molecule has 1 N–H and O–H groups in total. The minimum Gasteiger partial charge on any atom is -0.313 e. The molecule has 1 heterocycles. The molecule has 0 aromatic rings. The predicted octanol–water partition coefficient (Wildman–Crippen LogP) is 3.77. The van der Waals surface area contributed by atoms with Crippen LogP contribution in [0, 0.1) is 23.2 Å². The highest BCUT2D eigenvalue weighted by molar-refractivity contribution is 4.95. The lowest BCUT2D eigenvalue weighted by atomic mass is 9.67. The van der Waals surface area contributed by atoms with Crippen LogP contribution in [-0.4, -0.2) is 37.1 Å². The molecule has 2 heteroatoms. The van der Waals surface area contributed by atoms with Gasteiger partial charge in [0.25, 0.3) is 0 Å². The summed E-state index contributed by atoms with van der Waals surface area (Å²) in [5.41, 5.74) is 0.468. The molecule has 0 radical (unpaired) electrons. The Bertz CT molecular complexity index is 298. The van der Waals surface area contributed by atoms with E-state index < -0.39 is 0 Å². The lowest BCUT2D eigenvalue weighted by Crippen LogP contribution is -2.52. The number of hydrogen-bond acceptors (Lipinski definition) is 2. The van der Waals surface area contributed by atoms with Crippen LogP contribution < -0.4 is 5.32 Å². The molecule has 2 fully saturated rings. The zero-order chi connectivity index (χ0) is 14.8. The molecule has 2 nitrogen and oxygen atoms in total. The summed E-state index contributed by atoms with van der Waals surface area (Å²) in [7, 11) is 0. The number of rotatable bonds is 5. The Kier molecular flexibility index (Phi) is 5.53. The van der Waals surface area contributed by atoms with Crippen molar-refractivity contribution < 1.29 is 0 Å². The van der Waals surface area contributed by atoms with Crippen molar-refractivity contribution in [2.75, 3.05) is 26.2 Å². The van der Waals surface area contributed by atoms with Crippen LogP contribution in [-0.2, 0) is 0 Å². The normalized spacial score (nSPS) is 34.8. The van der Waals surface area contributed by atoms with Crippen LogP contribution in [0.4, 0.5) is 0 Å². The van der Waals surface area contributed by atoms with E-state index in [2.05, 4.69) is 44.8 Å². The maximum absolute atomic E-state index is 3.81. The molecule has 2 aliphatic rings. The summed E-state index contributed by atoms with van der Waals surface area (Å²) in [6.45, 7) is 17.1. The third-order valence-electron chi connectivity index (χ3n) is 5.88. The van der Waals surface area contributed by atoms with Gasteiger partial charge in [-0.3, -0.25) is 0 Å². The Morgan fingerprint density at radius 2 is 2.00 bits per heavy atom. The standard InChI is InChI=1S/C18H36N2/c1-6-19-17-16(8-7-10-18(17,4)5)13-20-11-9-15(12-20)14(2)3/h14-17,19H,6-13H2,1-5H3. The summed E-state index contributed by atoms with van der Waals surface area (Å²) in [4.78, 5) is 2.75. The summed E-state index contributed by atoms with van der Waals surface area (Å²) < 4.78 is 0. The van der Waals surface area contributed by atoms with E-state index in [9.17, 15) is 0 Å². The Hall–Kier alpha value is -0.0800. The fourth-order valence-electron chi connectivity index (χ4n) is 4.54. The first-order valence-corrected chi connectivity index (χ1v) is 8.89. The molecule has 0 spiro atoms. The molecule has 20 heavy (non-hydrogen) atoms. The molecule has 3 unspecified atom stereocenters. The van der Waals surface area contributed by atoms with Gasteiger partial charge in [-0.2, -0.15) is 0 Å². The van der Waals surface area contributed by atoms with Crippen molar-refractivity contribution in [2.45, 2.75) is 66.3 Å². The van der Waals surface area contributed by atoms with Gasteiger partial charge in [0.2, 0.25) is 0 Å². The van der Waals surface area contributed by atoms with E-state index in [4.69, 9.17) is 0 Å². The second-order valence-corrected chi connectivity index (χ2v) is 8.23. The van der Waals surface area contributed by atoms with Gasteiger partial charge in [-0.05, 0) is 55.5 Å². The van der Waals surface area contributed by atoms with Crippen molar-refractivity contribution >= 4 is 0 Å². The van der Waals surface area contributed by atoms with Crippen molar-refractivity contribution in [3.8, 4) is 0 Å². The predicted molar refractivity (Wildman–Crippen MR) is 88.0 cm³/mol. The van der Waals surface area contributed by atoms with Gasteiger partial charge in [0.05, 0.1) is 0 Å². The van der Waals surface area contributed by atoms with Crippen LogP contribution in [0.3, 0.4) is 0 Å². The minimum absolute atomic E-state index is 0.468. The lowest BCUT2D eigenvalue weighted by molar-refractivity contribution is 0.0845. The van der Waals surface area contributed by atoms with Gasteiger partial charge in [0, 0.05) is 19.1 Å². The van der Waals surface area contributed by atoms with Gasteiger partial charge in [0.1, 0.15) is 0 Å². The van der Waals surface area contributed by atoms with Crippen LogP contribution >= 0.6 is 0 Å². The van der Waals surface area contributed by atoms with Crippen LogP contribution in [0.15, 0.2) is 0 Å². The second-order valence-electron chi connectivity index (χ2n) is 8.23. The van der Waals surface area contributed by atoms with Gasteiger partial charge < -0.3 is 10.2 Å². The summed E-state index contributed by atoms with van der Waals surface area (Å²) in [5, 5.41) is 3.81. The highest BCUT2D eigenvalue weighted by atomic mass is 15.2. The Morgan fingerprint density at radius 3 is 2.60 bits per heavy atom. The maximum Gasteiger partial charge on any atom is 0.0159 e.